The van der Waals surface area contributed by atoms with Crippen LogP contribution in [0.3, 0.4) is 0 Å². The van der Waals surface area contributed by atoms with Crippen molar-refractivity contribution in [2.24, 2.45) is 0 Å². The van der Waals surface area contributed by atoms with Gasteiger partial charge in [-0.05, 0) is 108 Å². The van der Waals surface area contributed by atoms with E-state index in [1.807, 2.05) is 0 Å². The van der Waals surface area contributed by atoms with Gasteiger partial charge in [0.05, 0.1) is 0 Å². The summed E-state index contributed by atoms with van der Waals surface area (Å²) >= 11 is 0. The van der Waals surface area contributed by atoms with Gasteiger partial charge in [-0.1, -0.05) is 159 Å². The number of rotatable bonds is 6. The van der Waals surface area contributed by atoms with Crippen molar-refractivity contribution in [3.8, 4) is 44.5 Å². The van der Waals surface area contributed by atoms with Crippen LogP contribution in [-0.2, 0) is 0 Å². The van der Waals surface area contributed by atoms with E-state index in [0.29, 0.717) is 0 Å². The van der Waals surface area contributed by atoms with Gasteiger partial charge >= 0.3 is 0 Å². The Morgan fingerprint density at radius 2 is 0.820 bits per heavy atom. The molecule has 0 aliphatic carbocycles. The molecule has 50 heavy (non-hydrogen) atoms. The predicted octanol–water partition coefficient (Wildman–Crippen LogP) is 12.1. The van der Waals surface area contributed by atoms with Crippen molar-refractivity contribution in [2.75, 3.05) is 4.90 Å². The number of hydrogen-bond donors (Lipinski definition) is 0. The first-order valence-corrected chi connectivity index (χ1v) is 20.4. The number of fused-ring (bicyclic) bond motifs is 4. The van der Waals surface area contributed by atoms with Crippen LogP contribution in [0.4, 0.5) is 17.1 Å². The average molecular weight is 656 g/mol. The molecule has 8 aromatic rings. The fourth-order valence-electron chi connectivity index (χ4n) is 7.95. The minimum absolute atomic E-state index is 1.13. The summed E-state index contributed by atoms with van der Waals surface area (Å²) in [5, 5.41) is 5.71. The van der Waals surface area contributed by atoms with Crippen LogP contribution in [-0.4, -0.2) is 8.07 Å². The van der Waals surface area contributed by atoms with Crippen LogP contribution in [0.2, 0.25) is 13.1 Å². The number of para-hydroxylation sites is 1. The minimum atomic E-state index is -1.98. The Kier molecular flexibility index (Phi) is 7.33. The number of hydrogen-bond acceptors (Lipinski definition) is 1. The van der Waals surface area contributed by atoms with Gasteiger partial charge in [-0.15, -0.1) is 0 Å². The van der Waals surface area contributed by atoms with E-state index in [4.69, 9.17) is 0 Å². The van der Waals surface area contributed by atoms with Gasteiger partial charge in [-0.3, -0.25) is 0 Å². The van der Waals surface area contributed by atoms with E-state index in [1.54, 1.807) is 0 Å². The van der Waals surface area contributed by atoms with Gasteiger partial charge in [-0.2, -0.15) is 0 Å². The first-order valence-electron chi connectivity index (χ1n) is 17.4. The maximum atomic E-state index is 2.52. The summed E-state index contributed by atoms with van der Waals surface area (Å²) in [4.78, 5) is 2.39. The average Bonchev–Trinajstić information content (AvgIpc) is 3.40. The Balaban J connectivity index is 1.13. The lowest BCUT2D eigenvalue weighted by Crippen LogP contribution is -2.50. The molecule has 0 fully saturated rings. The lowest BCUT2D eigenvalue weighted by Gasteiger charge is -2.27. The van der Waals surface area contributed by atoms with Crippen molar-refractivity contribution < 1.29 is 0 Å². The highest BCUT2D eigenvalue weighted by atomic mass is 28.3. The molecule has 1 nitrogen and oxygen atoms in total. The SMILES string of the molecule is C[Si]1(C)c2cc3ccccc3cc2-c2cccc(-c3cccc(N(c4ccccc4)c4cccc(-c5ccc(-c6ccccc6)cc5)c4)c3)c21. The molecule has 0 unspecified atom stereocenters. The van der Waals surface area contributed by atoms with Crippen molar-refractivity contribution in [3.63, 3.8) is 0 Å². The maximum absolute atomic E-state index is 2.52. The van der Waals surface area contributed by atoms with E-state index in [1.165, 1.54) is 65.7 Å². The molecule has 0 N–H and O–H groups in total. The van der Waals surface area contributed by atoms with Gasteiger partial charge in [0.1, 0.15) is 8.07 Å². The molecule has 0 atom stereocenters. The molecule has 238 valence electrons. The van der Waals surface area contributed by atoms with Crippen LogP contribution in [0.5, 0.6) is 0 Å². The van der Waals surface area contributed by atoms with E-state index < -0.39 is 8.07 Å². The molecule has 2 heteroatoms. The van der Waals surface area contributed by atoms with Crippen molar-refractivity contribution in [2.45, 2.75) is 13.1 Å². The number of nitrogens with zero attached hydrogens (tertiary/aromatic N) is 1. The van der Waals surface area contributed by atoms with Crippen LogP contribution >= 0.6 is 0 Å². The molecule has 1 aliphatic heterocycles. The normalized spacial score (nSPS) is 12.8. The largest absolute Gasteiger partial charge is 0.310 e. The third-order valence-electron chi connectivity index (χ3n) is 10.4. The highest BCUT2D eigenvalue weighted by molar-refractivity contribution is 7.04. The summed E-state index contributed by atoms with van der Waals surface area (Å²) in [7, 11) is -1.98. The zero-order chi connectivity index (χ0) is 33.7. The van der Waals surface area contributed by atoms with E-state index in [-0.39, 0.29) is 0 Å². The molecule has 8 aromatic carbocycles. The summed E-state index contributed by atoms with van der Waals surface area (Å²) in [6.45, 7) is 5.04. The summed E-state index contributed by atoms with van der Waals surface area (Å²) in [6.07, 6.45) is 0. The Hall–Kier alpha value is -5.96. The summed E-state index contributed by atoms with van der Waals surface area (Å²) < 4.78 is 0. The van der Waals surface area contributed by atoms with E-state index >= 15 is 0 Å². The van der Waals surface area contributed by atoms with Gasteiger partial charge in [0, 0.05) is 17.1 Å². The van der Waals surface area contributed by atoms with Gasteiger partial charge in [0.15, 0.2) is 0 Å². The van der Waals surface area contributed by atoms with E-state index in [2.05, 4.69) is 206 Å². The van der Waals surface area contributed by atoms with Gasteiger partial charge in [-0.25, -0.2) is 0 Å². The first kappa shape index (κ1) is 30.1. The molecule has 0 spiro atoms. The Bertz CT molecular complexity index is 2500. The van der Waals surface area contributed by atoms with Gasteiger partial charge < -0.3 is 4.90 Å². The molecule has 0 amide bonds. The molecule has 0 radical (unpaired) electrons. The molecular formula is C48H37NSi. The molecular weight excluding hydrogens is 619 g/mol. The maximum Gasteiger partial charge on any atom is 0.114 e. The van der Waals surface area contributed by atoms with Gasteiger partial charge in [0.25, 0.3) is 0 Å². The smallest absolute Gasteiger partial charge is 0.114 e. The molecule has 0 saturated heterocycles. The van der Waals surface area contributed by atoms with E-state index in [0.717, 1.165) is 17.1 Å². The van der Waals surface area contributed by atoms with Crippen LogP contribution < -0.4 is 15.3 Å². The highest BCUT2D eigenvalue weighted by Gasteiger charge is 2.39. The Morgan fingerprint density at radius 3 is 1.52 bits per heavy atom. The van der Waals surface area contributed by atoms with E-state index in [9.17, 15) is 0 Å². The van der Waals surface area contributed by atoms with Gasteiger partial charge in [0.2, 0.25) is 0 Å². The minimum Gasteiger partial charge on any atom is -0.310 e. The Labute approximate surface area is 295 Å². The van der Waals surface area contributed by atoms with Crippen molar-refractivity contribution in [3.05, 3.63) is 188 Å². The van der Waals surface area contributed by atoms with Crippen LogP contribution in [0.1, 0.15) is 0 Å². The van der Waals surface area contributed by atoms with Crippen LogP contribution in [0.15, 0.2) is 188 Å². The predicted molar refractivity (Wildman–Crippen MR) is 217 cm³/mol. The zero-order valence-electron chi connectivity index (χ0n) is 28.3. The molecule has 0 saturated carbocycles. The first-order chi connectivity index (χ1) is 24.5. The third-order valence-corrected chi connectivity index (χ3v) is 13.9. The van der Waals surface area contributed by atoms with Crippen molar-refractivity contribution in [1.82, 2.24) is 0 Å². The second-order valence-electron chi connectivity index (χ2n) is 13.8. The number of anilines is 3. The fraction of sp³-hybridized carbons (Fsp3) is 0.0417. The summed E-state index contributed by atoms with van der Waals surface area (Å²) in [6, 6.07) is 68.9. The Morgan fingerprint density at radius 1 is 0.340 bits per heavy atom. The molecule has 9 rings (SSSR count). The molecule has 0 aromatic heterocycles. The van der Waals surface area contributed by atoms with Crippen LogP contribution in [0, 0.1) is 0 Å². The third kappa shape index (κ3) is 5.17. The van der Waals surface area contributed by atoms with Crippen LogP contribution in [0.25, 0.3) is 55.3 Å². The highest BCUT2D eigenvalue weighted by Crippen LogP contribution is 2.40. The quantitative estimate of drug-likeness (QED) is 0.161. The summed E-state index contributed by atoms with van der Waals surface area (Å²) in [5.74, 6) is 0. The zero-order valence-corrected chi connectivity index (χ0v) is 29.3. The van der Waals surface area contributed by atoms with Crippen molar-refractivity contribution >= 4 is 46.3 Å². The standard InChI is InChI=1S/C48H37NSi/c1-50(2)47-33-39-17-10-9-16-38(39)32-46(47)45-25-13-24-44(48(45)50)40-19-12-23-43(31-40)49(41-20-7-4-8-21-41)42-22-11-18-37(30-42)36-28-26-35(27-29-36)34-14-5-3-6-15-34/h3-33H,1-2H3. The monoisotopic (exact) mass is 655 g/mol. The number of benzene rings is 8. The lowest BCUT2D eigenvalue weighted by atomic mass is 9.97. The fourth-order valence-corrected chi connectivity index (χ4v) is 11.4. The molecule has 1 heterocycles. The van der Waals surface area contributed by atoms with Crippen molar-refractivity contribution in [1.29, 1.82) is 0 Å². The molecule has 0 bridgehead atoms. The molecule has 1 aliphatic rings. The summed E-state index contributed by atoms with van der Waals surface area (Å²) in [5.41, 5.74) is 13.7. The lowest BCUT2D eigenvalue weighted by molar-refractivity contribution is 1.28. The topological polar surface area (TPSA) is 3.24 Å². The second kappa shape index (κ2) is 12.2. The second-order valence-corrected chi connectivity index (χ2v) is 18.1.